The Balaban J connectivity index is 2.14. The van der Waals surface area contributed by atoms with E-state index in [9.17, 15) is 13.6 Å². The van der Waals surface area contributed by atoms with E-state index in [1.165, 1.54) is 14.2 Å². The molecule has 0 fully saturated rings. The zero-order valence-electron chi connectivity index (χ0n) is 13.9. The summed E-state index contributed by atoms with van der Waals surface area (Å²) in [6.45, 7) is 3.59. The monoisotopic (exact) mass is 348 g/mol. The second-order valence-electron chi connectivity index (χ2n) is 5.16. The minimum Gasteiger partial charge on any atom is -0.497 e. The Hall–Kier alpha value is -2.80. The number of ether oxygens (including phenoxy) is 2. The molecule has 0 radical (unpaired) electrons. The number of carbonyl (C=O) groups is 1. The van der Waals surface area contributed by atoms with Gasteiger partial charge in [-0.05, 0) is 24.4 Å². The molecule has 1 amide bonds. The number of halogens is 2. The molecule has 0 bridgehead atoms. The molecule has 0 heterocycles. The van der Waals surface area contributed by atoms with Crippen molar-refractivity contribution in [2.75, 3.05) is 14.2 Å². The zero-order valence-corrected chi connectivity index (χ0v) is 13.9. The van der Waals surface area contributed by atoms with Crippen LogP contribution in [0.4, 0.5) is 14.5 Å². The van der Waals surface area contributed by atoms with Crippen molar-refractivity contribution in [1.82, 2.24) is 5.32 Å². The summed E-state index contributed by atoms with van der Waals surface area (Å²) in [7, 11) is 2.50. The average molecular weight is 348 g/mol. The Morgan fingerprint density at radius 1 is 1.20 bits per heavy atom. The molecule has 1 atom stereocenters. The van der Waals surface area contributed by atoms with Crippen LogP contribution in [0.1, 0.15) is 17.2 Å². The number of aliphatic imine (C=N–C) groups is 1. The maximum Gasteiger partial charge on any atom is 0.254 e. The Kier molecular flexibility index (Phi) is 6.19. The first-order chi connectivity index (χ1) is 12.0. The van der Waals surface area contributed by atoms with E-state index in [0.29, 0.717) is 5.69 Å². The van der Waals surface area contributed by atoms with Crippen molar-refractivity contribution in [3.8, 4) is 5.75 Å². The fourth-order valence-electron chi connectivity index (χ4n) is 2.29. The molecule has 7 heteroatoms. The average Bonchev–Trinajstić information content (AvgIpc) is 2.62. The third kappa shape index (κ3) is 4.39. The largest absolute Gasteiger partial charge is 0.497 e. The van der Waals surface area contributed by atoms with E-state index in [1.807, 2.05) is 0 Å². The number of hydrogen-bond donors (Lipinski definition) is 1. The van der Waals surface area contributed by atoms with Gasteiger partial charge in [0.25, 0.3) is 5.91 Å². The molecule has 5 nitrogen and oxygen atoms in total. The second-order valence-corrected chi connectivity index (χ2v) is 5.16. The van der Waals surface area contributed by atoms with E-state index in [2.05, 4.69) is 17.0 Å². The predicted molar refractivity (Wildman–Crippen MR) is 90.2 cm³/mol. The fraction of sp³-hybridized carbons (Fsp3) is 0.222. The highest BCUT2D eigenvalue weighted by Crippen LogP contribution is 2.28. The zero-order chi connectivity index (χ0) is 18.4. The molecule has 0 unspecified atom stereocenters. The smallest absolute Gasteiger partial charge is 0.254 e. The van der Waals surface area contributed by atoms with Crippen LogP contribution < -0.4 is 10.1 Å². The summed E-state index contributed by atoms with van der Waals surface area (Å²) in [5.74, 6) is -2.47. The van der Waals surface area contributed by atoms with Gasteiger partial charge < -0.3 is 14.8 Å². The molecule has 0 aromatic heterocycles. The summed E-state index contributed by atoms with van der Waals surface area (Å²) < 4.78 is 38.1. The third-order valence-electron chi connectivity index (χ3n) is 3.61. The highest BCUT2D eigenvalue weighted by molar-refractivity contribution is 5.82. The van der Waals surface area contributed by atoms with Gasteiger partial charge in [0, 0.05) is 25.8 Å². The van der Waals surface area contributed by atoms with Gasteiger partial charge >= 0.3 is 0 Å². The molecule has 0 saturated heterocycles. The fourth-order valence-corrected chi connectivity index (χ4v) is 2.29. The van der Waals surface area contributed by atoms with Crippen LogP contribution in [0.25, 0.3) is 0 Å². The summed E-state index contributed by atoms with van der Waals surface area (Å²) >= 11 is 0. The van der Waals surface area contributed by atoms with Crippen LogP contribution in [0, 0.1) is 11.6 Å². The molecule has 25 heavy (non-hydrogen) atoms. The van der Waals surface area contributed by atoms with Crippen LogP contribution in [0.15, 0.2) is 41.4 Å². The van der Waals surface area contributed by atoms with Gasteiger partial charge in [-0.25, -0.2) is 8.78 Å². The molecule has 2 aromatic carbocycles. The first-order valence-corrected chi connectivity index (χ1v) is 7.39. The highest BCUT2D eigenvalue weighted by Gasteiger charge is 2.27. The molecular weight excluding hydrogens is 330 g/mol. The first kappa shape index (κ1) is 18.5. The molecule has 0 aliphatic heterocycles. The second kappa shape index (κ2) is 8.34. The van der Waals surface area contributed by atoms with E-state index in [0.717, 1.165) is 17.7 Å². The predicted octanol–water partition coefficient (Wildman–Crippen LogP) is 3.31. The summed E-state index contributed by atoms with van der Waals surface area (Å²) in [4.78, 5) is 16.1. The lowest BCUT2D eigenvalue weighted by Gasteiger charge is -2.17. The van der Waals surface area contributed by atoms with Crippen molar-refractivity contribution in [2.24, 2.45) is 4.99 Å². The Labute approximate surface area is 144 Å². The first-order valence-electron chi connectivity index (χ1n) is 7.39. The van der Waals surface area contributed by atoms with Crippen LogP contribution in [0.5, 0.6) is 5.75 Å². The summed E-state index contributed by atoms with van der Waals surface area (Å²) in [6.07, 6.45) is -1.42. The molecule has 2 rings (SSSR count). The molecule has 0 saturated carbocycles. The van der Waals surface area contributed by atoms with Gasteiger partial charge in [-0.3, -0.25) is 9.79 Å². The lowest BCUT2D eigenvalue weighted by atomic mass is 10.1. The topological polar surface area (TPSA) is 59.9 Å². The molecular formula is C18H18F2N2O3. The van der Waals surface area contributed by atoms with Crippen molar-refractivity contribution >= 4 is 18.3 Å². The maximum absolute atomic E-state index is 14.1. The summed E-state index contributed by atoms with van der Waals surface area (Å²) in [6, 6.07) is 9.01. The number of carbonyl (C=O) groups excluding carboxylic acids is 1. The molecule has 132 valence electrons. The van der Waals surface area contributed by atoms with E-state index in [4.69, 9.17) is 9.47 Å². The van der Waals surface area contributed by atoms with Crippen molar-refractivity contribution < 1.29 is 23.0 Å². The summed E-state index contributed by atoms with van der Waals surface area (Å²) in [5, 5.41) is 2.59. The van der Waals surface area contributed by atoms with Gasteiger partial charge in [0.05, 0.1) is 18.4 Å². The number of hydrogen-bond acceptors (Lipinski definition) is 4. The Morgan fingerprint density at radius 3 is 2.28 bits per heavy atom. The molecule has 0 aliphatic rings. The normalized spacial score (nSPS) is 11.7. The molecule has 2 aromatic rings. The number of benzene rings is 2. The number of rotatable bonds is 7. The van der Waals surface area contributed by atoms with E-state index in [-0.39, 0.29) is 12.3 Å². The lowest BCUT2D eigenvalue weighted by Crippen LogP contribution is -2.31. The number of methoxy groups -OCH3 is 2. The number of nitrogens with one attached hydrogen (secondary N) is 1. The van der Waals surface area contributed by atoms with Gasteiger partial charge in [0.15, 0.2) is 6.10 Å². The quantitative estimate of drug-likeness (QED) is 0.781. The Morgan fingerprint density at radius 2 is 1.80 bits per heavy atom. The van der Waals surface area contributed by atoms with E-state index < -0.39 is 29.2 Å². The maximum atomic E-state index is 14.1. The highest BCUT2D eigenvalue weighted by atomic mass is 19.1. The third-order valence-corrected chi connectivity index (χ3v) is 3.61. The van der Waals surface area contributed by atoms with Gasteiger partial charge in [-0.1, -0.05) is 12.1 Å². The van der Waals surface area contributed by atoms with Crippen LogP contribution >= 0.6 is 0 Å². The van der Waals surface area contributed by atoms with Crippen LogP contribution in [-0.2, 0) is 16.1 Å². The summed E-state index contributed by atoms with van der Waals surface area (Å²) in [5.41, 5.74) is 1.03. The van der Waals surface area contributed by atoms with Crippen molar-refractivity contribution in [3.05, 3.63) is 59.2 Å². The van der Waals surface area contributed by atoms with Crippen molar-refractivity contribution in [1.29, 1.82) is 0 Å². The van der Waals surface area contributed by atoms with Gasteiger partial charge in [-0.2, -0.15) is 0 Å². The van der Waals surface area contributed by atoms with E-state index in [1.54, 1.807) is 24.3 Å². The van der Waals surface area contributed by atoms with Crippen molar-refractivity contribution in [3.63, 3.8) is 0 Å². The number of amides is 1. The molecule has 1 N–H and O–H groups in total. The van der Waals surface area contributed by atoms with Gasteiger partial charge in [-0.15, -0.1) is 0 Å². The van der Waals surface area contributed by atoms with Crippen LogP contribution in [0.3, 0.4) is 0 Å². The number of nitrogens with zero attached hydrogens (tertiary/aromatic N) is 1. The van der Waals surface area contributed by atoms with Gasteiger partial charge in [0.1, 0.15) is 17.4 Å². The van der Waals surface area contributed by atoms with Crippen LogP contribution in [0.2, 0.25) is 0 Å². The standard InChI is InChI=1S/C18H18F2N2O3/c1-21-12-6-4-11(5-7-12)10-22-18(23)17(25-3)16-14(19)8-13(24-2)9-15(16)20/h4-9,17H,1,10H2,2-3H3,(H,22,23)/t17-/m1/s1. The van der Waals surface area contributed by atoms with Gasteiger partial charge in [0.2, 0.25) is 0 Å². The molecule has 0 spiro atoms. The van der Waals surface area contributed by atoms with Crippen LogP contribution in [-0.4, -0.2) is 26.8 Å². The minimum absolute atomic E-state index is 0.0185. The van der Waals surface area contributed by atoms with E-state index >= 15 is 0 Å². The Bertz CT molecular complexity index is 740. The SMILES string of the molecule is C=Nc1ccc(CNC(=O)[C@H](OC)c2c(F)cc(OC)cc2F)cc1. The lowest BCUT2D eigenvalue weighted by molar-refractivity contribution is -0.131. The molecule has 0 aliphatic carbocycles. The van der Waals surface area contributed by atoms with Crippen molar-refractivity contribution in [2.45, 2.75) is 12.6 Å². The minimum atomic E-state index is -1.42.